The molecule has 0 heterocycles. The van der Waals surface area contributed by atoms with Crippen molar-refractivity contribution in [1.82, 2.24) is 0 Å². The number of amides is 3. The van der Waals surface area contributed by atoms with Gasteiger partial charge in [0.25, 0.3) is 5.91 Å². The van der Waals surface area contributed by atoms with Gasteiger partial charge in [0.1, 0.15) is 5.82 Å². The second kappa shape index (κ2) is 9.91. The lowest BCUT2D eigenvalue weighted by Crippen LogP contribution is -2.26. The van der Waals surface area contributed by atoms with Gasteiger partial charge in [-0.15, -0.1) is 0 Å². The highest BCUT2D eigenvalue weighted by molar-refractivity contribution is 7.82. The summed E-state index contributed by atoms with van der Waals surface area (Å²) >= 11 is 16.4. The maximum Gasteiger partial charge on any atom is 0.336 e. The van der Waals surface area contributed by atoms with E-state index >= 15 is 0 Å². The number of carbonyl (C=O) groups is 2. The molecule has 0 fully saturated rings. The topological polar surface area (TPSA) is 70.7 Å². The van der Waals surface area contributed by atoms with Crippen LogP contribution in [0.25, 0.3) is 0 Å². The van der Waals surface area contributed by atoms with Gasteiger partial charge in [-0.05, 0) is 60.7 Å². The fourth-order valence-corrected chi connectivity index (χ4v) is 3.44. The Bertz CT molecular complexity index is 1090. The minimum absolute atomic E-state index is 0.247. The number of halogens is 3. The normalized spacial score (nSPS) is 10.4. The molecule has 0 saturated carbocycles. The molecule has 0 aliphatic carbocycles. The van der Waals surface area contributed by atoms with Crippen LogP contribution in [0, 0.1) is 5.82 Å². The Balaban J connectivity index is 1.65. The number of rotatable bonds is 5. The van der Waals surface area contributed by atoms with Gasteiger partial charge >= 0.3 is 6.03 Å². The Morgan fingerprint density at radius 3 is 2.06 bits per heavy atom. The third-order valence-corrected chi connectivity index (χ3v) is 5.10. The molecule has 2 N–H and O–H groups in total. The summed E-state index contributed by atoms with van der Waals surface area (Å²) in [6.07, 6.45) is 0. The van der Waals surface area contributed by atoms with E-state index in [1.165, 1.54) is 43.5 Å². The summed E-state index contributed by atoms with van der Waals surface area (Å²) in [6, 6.07) is 14.0. The van der Waals surface area contributed by atoms with Crippen LogP contribution in [0.3, 0.4) is 0 Å². The number of methoxy groups -OCH3 is 1. The fourth-order valence-electron chi connectivity index (χ4n) is 2.61. The zero-order valence-electron chi connectivity index (χ0n) is 16.0. The fraction of sp³-hybridized carbons (Fsp3) is 0.0476. The SMILES string of the molecule is COc1c(Cl)cc(NC(=O)N(S)c2ccc(NC(=O)c3ccc(F)cc3)cc2)cc1Cl. The molecule has 0 aliphatic rings. The van der Waals surface area contributed by atoms with Crippen molar-refractivity contribution in [3.05, 3.63) is 82.1 Å². The van der Waals surface area contributed by atoms with Crippen molar-refractivity contribution in [3.63, 3.8) is 0 Å². The average Bonchev–Trinajstić information content (AvgIpc) is 2.74. The lowest BCUT2D eigenvalue weighted by atomic mass is 10.2. The van der Waals surface area contributed by atoms with Gasteiger partial charge in [-0.2, -0.15) is 0 Å². The number of hydrogen-bond acceptors (Lipinski definition) is 4. The molecule has 0 bridgehead atoms. The van der Waals surface area contributed by atoms with Crippen LogP contribution < -0.4 is 19.7 Å². The van der Waals surface area contributed by atoms with E-state index in [2.05, 4.69) is 23.4 Å². The molecule has 3 amide bonds. The van der Waals surface area contributed by atoms with Gasteiger partial charge in [-0.25, -0.2) is 13.5 Å². The Morgan fingerprint density at radius 1 is 0.935 bits per heavy atom. The van der Waals surface area contributed by atoms with Crippen LogP contribution in [-0.4, -0.2) is 19.0 Å². The van der Waals surface area contributed by atoms with E-state index in [0.717, 1.165) is 4.31 Å². The molecule has 3 aromatic carbocycles. The highest BCUT2D eigenvalue weighted by Crippen LogP contribution is 2.36. The summed E-state index contributed by atoms with van der Waals surface area (Å²) in [5.74, 6) is -0.504. The largest absolute Gasteiger partial charge is 0.494 e. The van der Waals surface area contributed by atoms with Crippen LogP contribution >= 0.6 is 36.0 Å². The van der Waals surface area contributed by atoms with Crippen LogP contribution in [-0.2, 0) is 0 Å². The van der Waals surface area contributed by atoms with Crippen LogP contribution in [0.1, 0.15) is 10.4 Å². The molecule has 10 heteroatoms. The van der Waals surface area contributed by atoms with Gasteiger partial charge in [0.15, 0.2) is 5.75 Å². The van der Waals surface area contributed by atoms with E-state index < -0.39 is 11.8 Å². The minimum Gasteiger partial charge on any atom is -0.494 e. The highest BCUT2D eigenvalue weighted by atomic mass is 35.5. The standard InChI is InChI=1S/C21H16Cl2FN3O3S/c1-30-19-17(22)10-15(11-18(19)23)26-21(29)27(31)16-8-6-14(7-9-16)25-20(28)12-2-4-13(24)5-3-12/h2-11,31H,1H3,(H,25,28)(H,26,29). The van der Waals surface area contributed by atoms with Gasteiger partial charge < -0.3 is 15.4 Å². The molecule has 0 spiro atoms. The number of urea groups is 1. The van der Waals surface area contributed by atoms with Crippen LogP contribution in [0.2, 0.25) is 10.0 Å². The lowest BCUT2D eigenvalue weighted by molar-refractivity contribution is 0.102. The summed E-state index contributed by atoms with van der Waals surface area (Å²) < 4.78 is 19.1. The lowest BCUT2D eigenvalue weighted by Gasteiger charge is -2.18. The van der Waals surface area contributed by atoms with Crippen molar-refractivity contribution in [3.8, 4) is 5.75 Å². The Kier molecular flexibility index (Phi) is 7.27. The molecule has 31 heavy (non-hydrogen) atoms. The van der Waals surface area contributed by atoms with Gasteiger partial charge in [-0.1, -0.05) is 36.0 Å². The predicted molar refractivity (Wildman–Crippen MR) is 124 cm³/mol. The van der Waals surface area contributed by atoms with Gasteiger partial charge in [0, 0.05) is 16.9 Å². The molecule has 0 unspecified atom stereocenters. The molecule has 0 atom stereocenters. The molecule has 6 nitrogen and oxygen atoms in total. The van der Waals surface area contributed by atoms with Crippen LogP contribution in [0.5, 0.6) is 5.75 Å². The third-order valence-electron chi connectivity index (χ3n) is 4.12. The molecule has 0 aromatic heterocycles. The van der Waals surface area contributed by atoms with Crippen molar-refractivity contribution in [2.45, 2.75) is 0 Å². The first-order valence-corrected chi connectivity index (χ1v) is 9.94. The molecule has 0 aliphatic heterocycles. The van der Waals surface area contributed by atoms with E-state index in [0.29, 0.717) is 28.4 Å². The number of nitrogens with one attached hydrogen (secondary N) is 2. The molecule has 160 valence electrons. The third kappa shape index (κ3) is 5.61. The molecular formula is C21H16Cl2FN3O3S. The number of thiol groups is 1. The first-order chi connectivity index (χ1) is 14.8. The van der Waals surface area contributed by atoms with Crippen molar-refractivity contribution < 1.29 is 18.7 Å². The first kappa shape index (κ1) is 22.7. The number of carbonyl (C=O) groups excluding carboxylic acids is 2. The Morgan fingerprint density at radius 2 is 1.52 bits per heavy atom. The van der Waals surface area contributed by atoms with E-state index in [1.54, 1.807) is 24.3 Å². The Hall–Kier alpha value is -2.94. The Labute approximate surface area is 193 Å². The second-order valence-corrected chi connectivity index (χ2v) is 7.44. The summed E-state index contributed by atoms with van der Waals surface area (Å²) in [5, 5.41) is 5.82. The number of hydrogen-bond donors (Lipinski definition) is 3. The van der Waals surface area contributed by atoms with E-state index in [1.807, 2.05) is 0 Å². The van der Waals surface area contributed by atoms with E-state index in [4.69, 9.17) is 27.9 Å². The zero-order valence-corrected chi connectivity index (χ0v) is 18.4. The number of anilines is 3. The maximum atomic E-state index is 13.0. The van der Waals surface area contributed by atoms with E-state index in [9.17, 15) is 14.0 Å². The maximum absolute atomic E-state index is 13.0. The summed E-state index contributed by atoms with van der Waals surface area (Å²) in [5.41, 5.74) is 1.63. The van der Waals surface area contributed by atoms with Crippen LogP contribution in [0.15, 0.2) is 60.7 Å². The van der Waals surface area contributed by atoms with Crippen molar-refractivity contribution >= 4 is 65.0 Å². The van der Waals surface area contributed by atoms with Crippen LogP contribution in [0.4, 0.5) is 26.2 Å². The molecule has 0 saturated heterocycles. The molecule has 0 radical (unpaired) electrons. The minimum atomic E-state index is -0.552. The van der Waals surface area contributed by atoms with Gasteiger partial charge in [-0.3, -0.25) is 4.79 Å². The molecule has 3 rings (SSSR count). The first-order valence-electron chi connectivity index (χ1n) is 8.78. The second-order valence-electron chi connectivity index (χ2n) is 6.22. The van der Waals surface area contributed by atoms with Gasteiger partial charge in [0.05, 0.1) is 22.8 Å². The predicted octanol–water partition coefficient (Wildman–Crippen LogP) is 6.28. The smallest absolute Gasteiger partial charge is 0.336 e. The number of nitrogens with zero attached hydrogens (tertiary/aromatic N) is 1. The highest BCUT2D eigenvalue weighted by Gasteiger charge is 2.15. The zero-order chi connectivity index (χ0) is 22.5. The number of benzene rings is 3. The summed E-state index contributed by atoms with van der Waals surface area (Å²) in [4.78, 5) is 24.7. The summed E-state index contributed by atoms with van der Waals surface area (Å²) in [7, 11) is 1.44. The van der Waals surface area contributed by atoms with Crippen molar-refractivity contribution in [1.29, 1.82) is 0 Å². The van der Waals surface area contributed by atoms with Crippen molar-refractivity contribution in [2.75, 3.05) is 22.0 Å². The average molecular weight is 480 g/mol. The van der Waals surface area contributed by atoms with Crippen molar-refractivity contribution in [2.24, 2.45) is 0 Å². The van der Waals surface area contributed by atoms with Gasteiger partial charge in [0.2, 0.25) is 0 Å². The van der Waals surface area contributed by atoms with E-state index in [-0.39, 0.29) is 16.0 Å². The quantitative estimate of drug-likeness (QED) is 0.377. The summed E-state index contributed by atoms with van der Waals surface area (Å²) in [6.45, 7) is 0. The molecular weight excluding hydrogens is 464 g/mol. The monoisotopic (exact) mass is 479 g/mol. The molecule has 3 aromatic rings. The number of ether oxygens (including phenoxy) is 1.